The molecule has 0 bridgehead atoms. The average molecular weight is 527 g/mol. The number of hydrogen-bond acceptors (Lipinski definition) is 10. The molecule has 0 saturated carbocycles. The fourth-order valence-electron chi connectivity index (χ4n) is 3.11. The number of hydrogen-bond donors (Lipinski definition) is 2. The minimum absolute atomic E-state index is 0.0632. The van der Waals surface area contributed by atoms with E-state index in [1.165, 1.54) is 25.1 Å². The van der Waals surface area contributed by atoms with Gasteiger partial charge in [0, 0.05) is 41.4 Å². The molecule has 0 radical (unpaired) electrons. The van der Waals surface area contributed by atoms with Crippen LogP contribution in [0.4, 0.5) is 22.7 Å². The van der Waals surface area contributed by atoms with E-state index in [1.54, 1.807) is 0 Å². The molecular formula is C19H15ClN4O8S2. The predicted octanol–water partition coefficient (Wildman–Crippen LogP) is 4.16. The van der Waals surface area contributed by atoms with Gasteiger partial charge in [-0.2, -0.15) is 0 Å². The van der Waals surface area contributed by atoms with Crippen LogP contribution in [0.3, 0.4) is 0 Å². The Hall–Kier alpha value is -3.62. The number of carbonyl (C=O) groups excluding carboxylic acids is 1. The Bertz CT molecular complexity index is 1600. The second kappa shape index (κ2) is 8.96. The maximum atomic E-state index is 12.2. The zero-order valence-corrected chi connectivity index (χ0v) is 19.8. The monoisotopic (exact) mass is 526 g/mol. The van der Waals surface area contributed by atoms with Gasteiger partial charge in [0.25, 0.3) is 14.7 Å². The molecule has 0 aromatic heterocycles. The summed E-state index contributed by atoms with van der Waals surface area (Å²) in [7, 11) is -2.77. The lowest BCUT2D eigenvalue weighted by atomic mass is 10.1. The number of anilines is 1. The highest BCUT2D eigenvalue weighted by molar-refractivity contribution is 8.14. The van der Waals surface area contributed by atoms with Crippen molar-refractivity contribution in [3.63, 3.8) is 0 Å². The first-order chi connectivity index (χ1) is 15.7. The van der Waals surface area contributed by atoms with Crippen molar-refractivity contribution in [1.29, 1.82) is 0 Å². The number of sulfone groups is 1. The molecule has 0 fully saturated rings. The van der Waals surface area contributed by atoms with Crippen molar-refractivity contribution in [3.05, 3.63) is 52.6 Å². The lowest BCUT2D eigenvalue weighted by molar-refractivity contribution is -0.385. The van der Waals surface area contributed by atoms with E-state index in [0.29, 0.717) is 0 Å². The Morgan fingerprint density at radius 3 is 2.18 bits per heavy atom. The van der Waals surface area contributed by atoms with Crippen LogP contribution in [0.15, 0.2) is 62.5 Å². The molecule has 0 atom stereocenters. The SMILES string of the molecule is CC(=O)Nc1ccc(S(=O)(=O)Cl)c2c(N=Nc3ccc([N+](=O)[O-])cc3S(C)(=O)=O)ccc(O)c12. The number of fused-ring (bicyclic) bond motifs is 1. The lowest BCUT2D eigenvalue weighted by Crippen LogP contribution is -2.07. The van der Waals surface area contributed by atoms with Crippen LogP contribution < -0.4 is 5.32 Å². The quantitative estimate of drug-likeness (QED) is 0.207. The van der Waals surface area contributed by atoms with Gasteiger partial charge < -0.3 is 10.4 Å². The van der Waals surface area contributed by atoms with Crippen LogP contribution in [0.2, 0.25) is 0 Å². The molecule has 178 valence electrons. The molecule has 1 amide bonds. The zero-order valence-electron chi connectivity index (χ0n) is 17.4. The topological polar surface area (TPSA) is 185 Å². The highest BCUT2D eigenvalue weighted by atomic mass is 35.7. The number of phenolic OH excluding ortho intramolecular Hbond substituents is 1. The number of azo groups is 1. The molecule has 3 aromatic rings. The number of benzene rings is 3. The molecule has 3 aromatic carbocycles. The van der Waals surface area contributed by atoms with E-state index >= 15 is 0 Å². The van der Waals surface area contributed by atoms with Gasteiger partial charge in [-0.25, -0.2) is 16.8 Å². The van der Waals surface area contributed by atoms with Gasteiger partial charge in [-0.3, -0.25) is 14.9 Å². The Balaban J connectivity index is 2.33. The number of amides is 1. The first-order valence-corrected chi connectivity index (χ1v) is 13.3. The van der Waals surface area contributed by atoms with Gasteiger partial charge >= 0.3 is 0 Å². The van der Waals surface area contributed by atoms with Gasteiger partial charge in [-0.15, -0.1) is 10.2 Å². The summed E-state index contributed by atoms with van der Waals surface area (Å²) in [6.07, 6.45) is 0.832. The van der Waals surface area contributed by atoms with Crippen LogP contribution in [-0.4, -0.2) is 39.0 Å². The third-order valence-electron chi connectivity index (χ3n) is 4.47. The van der Waals surface area contributed by atoms with Crippen LogP contribution in [0.25, 0.3) is 10.8 Å². The molecule has 12 nitrogen and oxygen atoms in total. The molecule has 2 N–H and O–H groups in total. The molecule has 0 aliphatic heterocycles. The Morgan fingerprint density at radius 2 is 1.62 bits per heavy atom. The number of nitrogens with one attached hydrogen (secondary N) is 1. The van der Waals surface area contributed by atoms with Crippen molar-refractivity contribution in [2.75, 3.05) is 11.6 Å². The maximum absolute atomic E-state index is 12.2. The number of nitro groups is 1. The predicted molar refractivity (Wildman–Crippen MR) is 123 cm³/mol. The van der Waals surface area contributed by atoms with Crippen molar-refractivity contribution >= 4 is 69.0 Å². The molecule has 0 saturated heterocycles. The van der Waals surface area contributed by atoms with E-state index in [1.807, 2.05) is 0 Å². The molecule has 0 heterocycles. The van der Waals surface area contributed by atoms with E-state index < -0.39 is 50.9 Å². The van der Waals surface area contributed by atoms with E-state index in [9.17, 15) is 36.9 Å². The van der Waals surface area contributed by atoms with Crippen LogP contribution >= 0.6 is 10.7 Å². The normalized spacial score (nSPS) is 12.2. The number of aromatic hydroxyl groups is 1. The lowest BCUT2D eigenvalue weighted by Gasteiger charge is -2.13. The molecule has 34 heavy (non-hydrogen) atoms. The standard InChI is InChI=1S/C19H15ClN4O8S2/c1-10(25)21-13-6-8-16(34(20,31)32)19-14(5-7-15(26)18(13)19)23-22-12-4-3-11(24(27)28)9-17(12)33(2,29)30/h3-9,26H,1-2H3,(H,21,25). The summed E-state index contributed by atoms with van der Waals surface area (Å²) in [6, 6.07) is 7.63. The van der Waals surface area contributed by atoms with Gasteiger partial charge in [-0.1, -0.05) is 0 Å². The Morgan fingerprint density at radius 1 is 1.00 bits per heavy atom. The zero-order chi connectivity index (χ0) is 25.4. The number of nitrogens with zero attached hydrogens (tertiary/aromatic N) is 3. The summed E-state index contributed by atoms with van der Waals surface area (Å²) in [5, 5.41) is 31.4. The summed E-state index contributed by atoms with van der Waals surface area (Å²) >= 11 is 0. The molecule has 0 unspecified atom stereocenters. The van der Waals surface area contributed by atoms with Crippen LogP contribution in [0.1, 0.15) is 6.92 Å². The van der Waals surface area contributed by atoms with Crippen LogP contribution in [0, 0.1) is 10.1 Å². The third-order valence-corrected chi connectivity index (χ3v) is 6.96. The van der Waals surface area contributed by atoms with Crippen molar-refractivity contribution < 1.29 is 31.7 Å². The van der Waals surface area contributed by atoms with Crippen LogP contribution in [0.5, 0.6) is 5.75 Å². The summed E-state index contributed by atoms with van der Waals surface area (Å²) in [5.74, 6) is -0.898. The number of phenols is 1. The fourth-order valence-corrected chi connectivity index (χ4v) is 5.00. The second-order valence-corrected chi connectivity index (χ2v) is 11.5. The number of non-ortho nitro benzene ring substituents is 1. The molecule has 0 aliphatic carbocycles. The van der Waals surface area contributed by atoms with E-state index in [2.05, 4.69) is 15.5 Å². The summed E-state index contributed by atoms with van der Waals surface area (Å²) < 4.78 is 48.6. The smallest absolute Gasteiger partial charge is 0.270 e. The van der Waals surface area contributed by atoms with Gasteiger partial charge in [0.1, 0.15) is 16.3 Å². The Labute approximate surface area is 197 Å². The number of rotatable bonds is 6. The molecule has 15 heteroatoms. The number of carbonyl (C=O) groups is 1. The largest absolute Gasteiger partial charge is 0.507 e. The molecule has 0 spiro atoms. The van der Waals surface area contributed by atoms with Gasteiger partial charge in [0.05, 0.1) is 26.6 Å². The van der Waals surface area contributed by atoms with Gasteiger partial charge in [0.15, 0.2) is 9.84 Å². The highest BCUT2D eigenvalue weighted by Gasteiger charge is 2.23. The van der Waals surface area contributed by atoms with Gasteiger partial charge in [-0.05, 0) is 30.3 Å². The highest BCUT2D eigenvalue weighted by Crippen LogP contribution is 2.43. The molecular weight excluding hydrogens is 512 g/mol. The van der Waals surface area contributed by atoms with Crippen molar-refractivity contribution in [1.82, 2.24) is 0 Å². The fraction of sp³-hybridized carbons (Fsp3) is 0.105. The van der Waals surface area contributed by atoms with E-state index in [0.717, 1.165) is 30.5 Å². The van der Waals surface area contributed by atoms with Crippen molar-refractivity contribution in [2.24, 2.45) is 10.2 Å². The first kappa shape index (κ1) is 25.0. The van der Waals surface area contributed by atoms with E-state index in [4.69, 9.17) is 10.7 Å². The number of nitro benzene ring substituents is 1. The molecule has 0 aliphatic rings. The Kier molecular flexibility index (Phi) is 6.59. The van der Waals surface area contributed by atoms with Crippen LogP contribution in [-0.2, 0) is 23.7 Å². The minimum atomic E-state index is -4.37. The summed E-state index contributed by atoms with van der Waals surface area (Å²) in [4.78, 5) is 20.9. The third kappa shape index (κ3) is 5.13. The second-order valence-electron chi connectivity index (χ2n) is 6.97. The average Bonchev–Trinajstić information content (AvgIpc) is 2.71. The van der Waals surface area contributed by atoms with Crippen molar-refractivity contribution in [2.45, 2.75) is 16.7 Å². The van der Waals surface area contributed by atoms with E-state index in [-0.39, 0.29) is 27.8 Å². The molecule has 3 rings (SSSR count). The maximum Gasteiger partial charge on any atom is 0.270 e. The minimum Gasteiger partial charge on any atom is -0.507 e. The van der Waals surface area contributed by atoms with Gasteiger partial charge in [0.2, 0.25) is 5.91 Å². The first-order valence-electron chi connectivity index (χ1n) is 9.11. The summed E-state index contributed by atoms with van der Waals surface area (Å²) in [5.41, 5.74) is -0.808. The summed E-state index contributed by atoms with van der Waals surface area (Å²) in [6.45, 7) is 1.21. The number of halogens is 1. The van der Waals surface area contributed by atoms with Crippen molar-refractivity contribution in [3.8, 4) is 5.75 Å².